The summed E-state index contributed by atoms with van der Waals surface area (Å²) < 4.78 is 9.86. The van der Waals surface area contributed by atoms with E-state index in [9.17, 15) is 4.79 Å². The van der Waals surface area contributed by atoms with Gasteiger partial charge in [0.2, 0.25) is 0 Å². The molecule has 34 heavy (non-hydrogen) atoms. The molecular formula is C27H34N4O2Si. The predicted octanol–water partition coefficient (Wildman–Crippen LogP) is 6.69. The van der Waals surface area contributed by atoms with Gasteiger partial charge in [0.25, 0.3) is 0 Å². The molecule has 0 spiro atoms. The van der Waals surface area contributed by atoms with Gasteiger partial charge in [0.05, 0.1) is 23.0 Å². The number of hydrogen-bond acceptors (Lipinski definition) is 4. The van der Waals surface area contributed by atoms with Gasteiger partial charge < -0.3 is 13.9 Å². The van der Waals surface area contributed by atoms with Crippen LogP contribution < -0.4 is 0 Å². The molecule has 0 saturated heterocycles. The van der Waals surface area contributed by atoms with Crippen molar-refractivity contribution >= 4 is 42.1 Å². The molecule has 1 aromatic carbocycles. The van der Waals surface area contributed by atoms with E-state index >= 15 is 0 Å². The summed E-state index contributed by atoms with van der Waals surface area (Å²) in [5.74, 6) is 0.0401. The molecule has 4 rings (SSSR count). The van der Waals surface area contributed by atoms with Crippen molar-refractivity contribution in [1.29, 1.82) is 0 Å². The quantitative estimate of drug-likeness (QED) is 0.162. The highest BCUT2D eigenvalue weighted by Crippen LogP contribution is 2.32. The summed E-state index contributed by atoms with van der Waals surface area (Å²) >= 11 is 0. The van der Waals surface area contributed by atoms with Crippen LogP contribution in [0.3, 0.4) is 0 Å². The molecule has 0 unspecified atom stereocenters. The second kappa shape index (κ2) is 8.96. The van der Waals surface area contributed by atoms with E-state index in [-0.39, 0.29) is 5.78 Å². The van der Waals surface area contributed by atoms with Crippen LogP contribution in [-0.2, 0) is 11.5 Å². The van der Waals surface area contributed by atoms with Crippen LogP contribution in [0.1, 0.15) is 31.1 Å². The molecule has 6 nitrogen and oxygen atoms in total. The Kier molecular flexibility index (Phi) is 6.35. The molecule has 0 saturated carbocycles. The molecule has 0 bridgehead atoms. The molecule has 3 heterocycles. The number of nitrogens with zero attached hydrogens (tertiary/aromatic N) is 4. The summed E-state index contributed by atoms with van der Waals surface area (Å²) in [7, 11) is -1.18. The molecule has 3 aromatic heterocycles. The predicted molar refractivity (Wildman–Crippen MR) is 143 cm³/mol. The maximum atomic E-state index is 13.3. The van der Waals surface area contributed by atoms with Gasteiger partial charge in [0.1, 0.15) is 12.2 Å². The fraction of sp³-hybridized carbons (Fsp3) is 0.370. The third-order valence-corrected chi connectivity index (χ3v) is 7.64. The van der Waals surface area contributed by atoms with E-state index in [4.69, 9.17) is 14.7 Å². The Morgan fingerprint density at radius 1 is 1.18 bits per heavy atom. The molecule has 0 aliphatic carbocycles. The molecule has 7 heteroatoms. The second-order valence-electron chi connectivity index (χ2n) is 11.0. The topological polar surface area (TPSA) is 61.9 Å². The van der Waals surface area contributed by atoms with Crippen LogP contribution >= 0.6 is 0 Å². The lowest BCUT2D eigenvalue weighted by atomic mass is 9.87. The molecule has 0 N–H and O–H groups in total. The Hall–Kier alpha value is -3.03. The number of hydrogen-bond donors (Lipinski definition) is 0. The molecule has 0 fully saturated rings. The standard InChI is InChI=1S/C27H34N4O2Si/c1-8-30-16-20(19-11-9-10-12-23(19)30)22-15-28-26-24(29-22)21(25(32)27(2,3)4)17-31(26)18-33-13-14-34(5,6)7/h8-12,15-17H,1,13-14,18H2,2-7H3. The van der Waals surface area contributed by atoms with E-state index in [1.165, 1.54) is 0 Å². The molecule has 4 aromatic rings. The number of carbonyl (C=O) groups excluding carboxylic acids is 1. The first-order valence-electron chi connectivity index (χ1n) is 11.7. The van der Waals surface area contributed by atoms with E-state index in [1.807, 2.05) is 54.4 Å². The molecule has 178 valence electrons. The third kappa shape index (κ3) is 4.76. The summed E-state index contributed by atoms with van der Waals surface area (Å²) in [6.07, 6.45) is 7.42. The summed E-state index contributed by atoms with van der Waals surface area (Å²) in [6.45, 7) is 17.8. The Balaban J connectivity index is 1.79. The van der Waals surface area contributed by atoms with Crippen LogP contribution in [-0.4, -0.2) is 39.6 Å². The van der Waals surface area contributed by atoms with Crippen molar-refractivity contribution in [3.8, 4) is 11.3 Å². The van der Waals surface area contributed by atoms with Gasteiger partial charge in [-0.1, -0.05) is 65.2 Å². The van der Waals surface area contributed by atoms with Crippen molar-refractivity contribution in [2.24, 2.45) is 5.41 Å². The zero-order valence-corrected chi connectivity index (χ0v) is 22.1. The molecule has 0 aliphatic rings. The number of para-hydroxylation sites is 1. The van der Waals surface area contributed by atoms with Gasteiger partial charge in [0.15, 0.2) is 11.4 Å². The van der Waals surface area contributed by atoms with Gasteiger partial charge in [-0.3, -0.25) is 4.79 Å². The smallest absolute Gasteiger partial charge is 0.171 e. The van der Waals surface area contributed by atoms with Crippen molar-refractivity contribution in [3.05, 3.63) is 55.0 Å². The highest BCUT2D eigenvalue weighted by atomic mass is 28.3. The van der Waals surface area contributed by atoms with Gasteiger partial charge in [-0.15, -0.1) is 0 Å². The SMILES string of the molecule is C=Cn1cc(-c2cnc3c(n2)c(C(=O)C(C)(C)C)cn3COCC[Si](C)(C)C)c2ccccc21. The Morgan fingerprint density at radius 3 is 2.59 bits per heavy atom. The fourth-order valence-corrected chi connectivity index (χ4v) is 4.71. The largest absolute Gasteiger partial charge is 0.361 e. The number of benzene rings is 1. The highest BCUT2D eigenvalue weighted by molar-refractivity contribution is 6.76. The first kappa shape index (κ1) is 24.1. The van der Waals surface area contributed by atoms with Gasteiger partial charge in [-0.05, 0) is 12.1 Å². The highest BCUT2D eigenvalue weighted by Gasteiger charge is 2.28. The van der Waals surface area contributed by atoms with Crippen LogP contribution in [0.25, 0.3) is 39.5 Å². The van der Waals surface area contributed by atoms with E-state index in [2.05, 4.69) is 38.4 Å². The zero-order chi connectivity index (χ0) is 24.7. The van der Waals surface area contributed by atoms with E-state index in [0.29, 0.717) is 30.1 Å². The third-order valence-electron chi connectivity index (χ3n) is 5.93. The van der Waals surface area contributed by atoms with E-state index in [0.717, 1.165) is 28.2 Å². The molecule has 0 aliphatic heterocycles. The van der Waals surface area contributed by atoms with Gasteiger partial charge in [0, 0.05) is 49.6 Å². The number of Topliss-reactive ketones (excluding diaryl/α,β-unsaturated/α-hetero) is 1. The van der Waals surface area contributed by atoms with Crippen LogP contribution in [0.5, 0.6) is 0 Å². The van der Waals surface area contributed by atoms with Crippen molar-refractivity contribution in [3.63, 3.8) is 0 Å². The monoisotopic (exact) mass is 474 g/mol. The lowest BCUT2D eigenvalue weighted by Crippen LogP contribution is -2.22. The van der Waals surface area contributed by atoms with Crippen molar-refractivity contribution in [2.45, 2.75) is 53.2 Å². The summed E-state index contributed by atoms with van der Waals surface area (Å²) in [4.78, 5) is 23.1. The molecular weight excluding hydrogens is 440 g/mol. The number of ether oxygens (including phenoxy) is 1. The zero-order valence-electron chi connectivity index (χ0n) is 21.1. The maximum absolute atomic E-state index is 13.3. The van der Waals surface area contributed by atoms with Gasteiger partial charge >= 0.3 is 0 Å². The average Bonchev–Trinajstić information content (AvgIpc) is 3.33. The van der Waals surface area contributed by atoms with Crippen molar-refractivity contribution in [2.75, 3.05) is 6.61 Å². The van der Waals surface area contributed by atoms with E-state index in [1.54, 1.807) is 12.4 Å². The minimum Gasteiger partial charge on any atom is -0.361 e. The first-order valence-corrected chi connectivity index (χ1v) is 15.4. The summed E-state index contributed by atoms with van der Waals surface area (Å²) in [5.41, 5.74) is 4.06. The van der Waals surface area contributed by atoms with E-state index < -0.39 is 13.5 Å². The number of carbonyl (C=O) groups is 1. The molecule has 0 amide bonds. The Morgan fingerprint density at radius 2 is 1.91 bits per heavy atom. The fourth-order valence-electron chi connectivity index (χ4n) is 3.95. The van der Waals surface area contributed by atoms with Gasteiger partial charge in [-0.25, -0.2) is 9.97 Å². The Bertz CT molecular complexity index is 1370. The normalized spacial score (nSPS) is 12.5. The average molecular weight is 475 g/mol. The molecule has 0 radical (unpaired) electrons. The minimum atomic E-state index is -1.18. The number of fused-ring (bicyclic) bond motifs is 2. The van der Waals surface area contributed by atoms with Crippen molar-refractivity contribution < 1.29 is 9.53 Å². The van der Waals surface area contributed by atoms with Crippen LogP contribution in [0.4, 0.5) is 0 Å². The van der Waals surface area contributed by atoms with Crippen molar-refractivity contribution in [1.82, 2.24) is 19.1 Å². The summed E-state index contributed by atoms with van der Waals surface area (Å²) in [6, 6.07) is 9.21. The Labute approximate surface area is 202 Å². The lowest BCUT2D eigenvalue weighted by Gasteiger charge is -2.16. The van der Waals surface area contributed by atoms with Gasteiger partial charge in [-0.2, -0.15) is 0 Å². The first-order chi connectivity index (χ1) is 16.0. The minimum absolute atomic E-state index is 0.0401. The van der Waals surface area contributed by atoms with Crippen LogP contribution in [0, 0.1) is 5.41 Å². The van der Waals surface area contributed by atoms with Crippen LogP contribution in [0.2, 0.25) is 25.7 Å². The lowest BCUT2D eigenvalue weighted by molar-refractivity contribution is 0.0849. The van der Waals surface area contributed by atoms with Crippen LogP contribution in [0.15, 0.2) is 49.4 Å². The molecule has 0 atom stereocenters. The second-order valence-corrected chi connectivity index (χ2v) is 16.6. The number of aromatic nitrogens is 4. The number of rotatable bonds is 8. The maximum Gasteiger partial charge on any atom is 0.171 e. The number of ketones is 1. The summed E-state index contributed by atoms with van der Waals surface area (Å²) in [5, 5.41) is 1.06.